The van der Waals surface area contributed by atoms with Crippen LogP contribution in [0.1, 0.15) is 21.7 Å². The van der Waals surface area contributed by atoms with Gasteiger partial charge in [-0.05, 0) is 32.0 Å². The van der Waals surface area contributed by atoms with E-state index in [1.165, 1.54) is 30.3 Å². The number of benzene rings is 1. The van der Waals surface area contributed by atoms with Crippen LogP contribution in [0.4, 0.5) is 0 Å². The summed E-state index contributed by atoms with van der Waals surface area (Å²) in [4.78, 5) is 22.4. The molecule has 0 amide bonds. The van der Waals surface area contributed by atoms with E-state index in [4.69, 9.17) is 16.7 Å². The van der Waals surface area contributed by atoms with Gasteiger partial charge in [0.15, 0.2) is 5.43 Å². The van der Waals surface area contributed by atoms with Gasteiger partial charge in [-0.2, -0.15) is 0 Å². The summed E-state index contributed by atoms with van der Waals surface area (Å²) in [6.45, 7) is 3.55. The van der Waals surface area contributed by atoms with Crippen LogP contribution < -0.4 is 5.43 Å². The lowest BCUT2D eigenvalue weighted by molar-refractivity contribution is 0.0697. The fourth-order valence-corrected chi connectivity index (χ4v) is 2.26. The van der Waals surface area contributed by atoms with Gasteiger partial charge in [-0.25, -0.2) is 4.79 Å². The number of halogens is 1. The Bertz CT molecular complexity index is 693. The van der Waals surface area contributed by atoms with Gasteiger partial charge >= 0.3 is 5.97 Å². The Morgan fingerprint density at radius 1 is 1.16 bits per heavy atom. The maximum absolute atomic E-state index is 11.4. The molecule has 0 unspecified atom stereocenters. The fraction of sp³-hybridized carbons (Fsp3) is 0.143. The summed E-state index contributed by atoms with van der Waals surface area (Å²) < 4.78 is 1.76. The molecule has 0 aliphatic carbocycles. The third-order valence-corrected chi connectivity index (χ3v) is 3.16. The first kappa shape index (κ1) is 13.4. The molecule has 1 aromatic heterocycles. The molecule has 0 aliphatic heterocycles. The van der Waals surface area contributed by atoms with Crippen molar-refractivity contribution in [2.45, 2.75) is 13.8 Å². The number of carboxylic acid groups (broad SMARTS) is 1. The molecule has 0 saturated heterocycles. The Labute approximate surface area is 114 Å². The van der Waals surface area contributed by atoms with Crippen LogP contribution >= 0.6 is 11.6 Å². The van der Waals surface area contributed by atoms with E-state index >= 15 is 0 Å². The van der Waals surface area contributed by atoms with Crippen molar-refractivity contribution in [2.24, 2.45) is 0 Å². The smallest absolute Gasteiger partial charge is 0.335 e. The topological polar surface area (TPSA) is 59.3 Å². The van der Waals surface area contributed by atoms with Crippen LogP contribution in [-0.2, 0) is 0 Å². The molecule has 5 heteroatoms. The number of hydrogen-bond acceptors (Lipinski definition) is 2. The average Bonchev–Trinajstić information content (AvgIpc) is 2.29. The minimum Gasteiger partial charge on any atom is -0.478 e. The summed E-state index contributed by atoms with van der Waals surface area (Å²) >= 11 is 6.13. The summed E-state index contributed by atoms with van der Waals surface area (Å²) in [6.07, 6.45) is 0. The number of rotatable bonds is 2. The molecule has 98 valence electrons. The Kier molecular flexibility index (Phi) is 3.44. The lowest BCUT2D eigenvalue weighted by Crippen LogP contribution is -2.12. The molecule has 19 heavy (non-hydrogen) atoms. The van der Waals surface area contributed by atoms with Crippen molar-refractivity contribution in [1.29, 1.82) is 0 Å². The number of hydrogen-bond donors (Lipinski definition) is 1. The molecule has 1 aromatic carbocycles. The number of nitrogens with zero attached hydrogens (tertiary/aromatic N) is 1. The van der Waals surface area contributed by atoms with E-state index in [1.807, 2.05) is 0 Å². The minimum absolute atomic E-state index is 0.0863. The van der Waals surface area contributed by atoms with Crippen molar-refractivity contribution in [3.05, 3.63) is 62.5 Å². The highest BCUT2D eigenvalue weighted by atomic mass is 35.5. The van der Waals surface area contributed by atoms with Crippen LogP contribution in [0, 0.1) is 13.8 Å². The van der Waals surface area contributed by atoms with Crippen molar-refractivity contribution >= 4 is 17.6 Å². The second kappa shape index (κ2) is 4.90. The summed E-state index contributed by atoms with van der Waals surface area (Å²) in [5, 5.41) is 9.46. The summed E-state index contributed by atoms with van der Waals surface area (Å²) in [5.41, 5.74) is 2.02. The van der Waals surface area contributed by atoms with E-state index in [9.17, 15) is 9.59 Å². The molecule has 4 nitrogen and oxygen atoms in total. The van der Waals surface area contributed by atoms with Crippen LogP contribution in [0.15, 0.2) is 35.1 Å². The highest BCUT2D eigenvalue weighted by Crippen LogP contribution is 2.24. The minimum atomic E-state index is -1.02. The number of aromatic carboxylic acids is 1. The summed E-state index contributed by atoms with van der Waals surface area (Å²) in [5.74, 6) is -1.02. The van der Waals surface area contributed by atoms with Crippen molar-refractivity contribution in [1.82, 2.24) is 4.57 Å². The number of pyridine rings is 1. The highest BCUT2D eigenvalue weighted by Gasteiger charge is 2.11. The zero-order valence-electron chi connectivity index (χ0n) is 10.5. The van der Waals surface area contributed by atoms with Gasteiger partial charge in [0, 0.05) is 23.5 Å². The van der Waals surface area contributed by atoms with Crippen molar-refractivity contribution in [3.8, 4) is 5.69 Å². The second-order valence-electron chi connectivity index (χ2n) is 4.28. The number of aromatic nitrogens is 1. The first-order chi connectivity index (χ1) is 8.90. The van der Waals surface area contributed by atoms with Crippen molar-refractivity contribution in [3.63, 3.8) is 0 Å². The van der Waals surface area contributed by atoms with Crippen LogP contribution in [0.3, 0.4) is 0 Å². The maximum Gasteiger partial charge on any atom is 0.335 e. The zero-order chi connectivity index (χ0) is 14.2. The van der Waals surface area contributed by atoms with E-state index in [-0.39, 0.29) is 11.0 Å². The normalized spacial score (nSPS) is 10.5. The third-order valence-electron chi connectivity index (χ3n) is 2.84. The SMILES string of the molecule is Cc1cc(=O)cc(C)n1-c1cc(C(=O)O)ccc1Cl. The van der Waals surface area contributed by atoms with Gasteiger partial charge < -0.3 is 9.67 Å². The third kappa shape index (κ3) is 2.53. The summed E-state index contributed by atoms with van der Waals surface area (Å²) in [6, 6.07) is 7.45. The molecule has 0 radical (unpaired) electrons. The van der Waals surface area contributed by atoms with Gasteiger partial charge in [0.1, 0.15) is 0 Å². The molecule has 2 aromatic rings. The monoisotopic (exact) mass is 277 g/mol. The van der Waals surface area contributed by atoms with E-state index < -0.39 is 5.97 Å². The Morgan fingerprint density at radius 3 is 2.26 bits per heavy atom. The van der Waals surface area contributed by atoms with Crippen molar-refractivity contribution in [2.75, 3.05) is 0 Å². The van der Waals surface area contributed by atoms with Crippen LogP contribution in [0.2, 0.25) is 5.02 Å². The van der Waals surface area contributed by atoms with E-state index in [2.05, 4.69) is 0 Å². The summed E-state index contributed by atoms with van der Waals surface area (Å²) in [7, 11) is 0. The molecule has 2 rings (SSSR count). The molecule has 1 heterocycles. The molecule has 0 atom stereocenters. The first-order valence-corrected chi connectivity index (χ1v) is 6.01. The fourth-order valence-electron chi connectivity index (χ4n) is 2.06. The number of carboxylic acids is 1. The first-order valence-electron chi connectivity index (χ1n) is 5.63. The lowest BCUT2D eigenvalue weighted by Gasteiger charge is -2.16. The second-order valence-corrected chi connectivity index (χ2v) is 4.69. The molecule has 1 N–H and O–H groups in total. The number of carbonyl (C=O) groups is 1. The predicted molar refractivity (Wildman–Crippen MR) is 73.5 cm³/mol. The molecule has 0 saturated carbocycles. The van der Waals surface area contributed by atoms with E-state index in [0.717, 1.165) is 0 Å². The van der Waals surface area contributed by atoms with Crippen LogP contribution in [0.25, 0.3) is 5.69 Å². The maximum atomic E-state index is 11.4. The van der Waals surface area contributed by atoms with Gasteiger partial charge in [-0.1, -0.05) is 11.6 Å². The quantitative estimate of drug-likeness (QED) is 0.918. The largest absolute Gasteiger partial charge is 0.478 e. The van der Waals surface area contributed by atoms with E-state index in [0.29, 0.717) is 22.1 Å². The lowest BCUT2D eigenvalue weighted by atomic mass is 10.1. The Hall–Kier alpha value is -2.07. The zero-order valence-corrected chi connectivity index (χ0v) is 11.2. The highest BCUT2D eigenvalue weighted by molar-refractivity contribution is 6.32. The van der Waals surface area contributed by atoms with Gasteiger partial charge in [0.05, 0.1) is 16.3 Å². The van der Waals surface area contributed by atoms with Crippen molar-refractivity contribution < 1.29 is 9.90 Å². The van der Waals surface area contributed by atoms with Gasteiger partial charge in [-0.15, -0.1) is 0 Å². The molecule has 0 aliphatic rings. The molecular formula is C14H12ClNO3. The van der Waals surface area contributed by atoms with Crippen LogP contribution in [-0.4, -0.2) is 15.6 Å². The molecule has 0 spiro atoms. The molecule has 0 fully saturated rings. The van der Waals surface area contributed by atoms with Gasteiger partial charge in [0.25, 0.3) is 0 Å². The standard InChI is InChI=1S/C14H12ClNO3/c1-8-5-11(17)6-9(2)16(8)13-7-10(14(18)19)3-4-12(13)15/h3-7H,1-2H3,(H,18,19). The number of aryl methyl sites for hydroxylation is 2. The predicted octanol–water partition coefficient (Wildman–Crippen LogP) is 2.81. The average molecular weight is 278 g/mol. The molecule has 0 bridgehead atoms. The van der Waals surface area contributed by atoms with Gasteiger partial charge in [0.2, 0.25) is 0 Å². The van der Waals surface area contributed by atoms with Crippen LogP contribution in [0.5, 0.6) is 0 Å². The van der Waals surface area contributed by atoms with Gasteiger partial charge in [-0.3, -0.25) is 4.79 Å². The Morgan fingerprint density at radius 2 is 1.74 bits per heavy atom. The molecular weight excluding hydrogens is 266 g/mol. The van der Waals surface area contributed by atoms with E-state index in [1.54, 1.807) is 18.4 Å². The Balaban J connectivity index is 2.75.